The minimum Gasteiger partial charge on any atom is -0.352 e. The maximum absolute atomic E-state index is 12.3. The first-order chi connectivity index (χ1) is 13.8. The Hall–Kier alpha value is -3.54. The second kappa shape index (κ2) is 8.00. The second-order valence-electron chi connectivity index (χ2n) is 6.62. The van der Waals surface area contributed by atoms with E-state index < -0.39 is 0 Å². The van der Waals surface area contributed by atoms with Gasteiger partial charge in [0, 0.05) is 29.3 Å². The summed E-state index contributed by atoms with van der Waals surface area (Å²) in [6.45, 7) is 2.71. The number of nitrogens with zero attached hydrogens (tertiary/aromatic N) is 4. The van der Waals surface area contributed by atoms with E-state index in [-0.39, 0.29) is 5.91 Å². The number of amides is 1. The van der Waals surface area contributed by atoms with E-state index in [2.05, 4.69) is 39.7 Å². The van der Waals surface area contributed by atoms with Crippen LogP contribution in [0.15, 0.2) is 66.9 Å². The van der Waals surface area contributed by atoms with Crippen LogP contribution in [-0.2, 0) is 4.79 Å². The number of aromatic nitrogens is 4. The molecule has 0 radical (unpaired) electrons. The zero-order chi connectivity index (χ0) is 19.3. The summed E-state index contributed by atoms with van der Waals surface area (Å²) in [6.07, 6.45) is 5.85. The number of nitrogens with one attached hydrogen (secondary N) is 1. The fourth-order valence-corrected chi connectivity index (χ4v) is 3.27. The van der Waals surface area contributed by atoms with Gasteiger partial charge in [-0.3, -0.25) is 4.79 Å². The molecule has 2 aromatic carbocycles. The Morgan fingerprint density at radius 2 is 1.89 bits per heavy atom. The number of rotatable bonds is 6. The fourth-order valence-electron chi connectivity index (χ4n) is 3.27. The normalized spacial score (nSPS) is 12.6. The smallest absolute Gasteiger partial charge is 0.244 e. The van der Waals surface area contributed by atoms with Crippen molar-refractivity contribution in [3.05, 3.63) is 78.3 Å². The summed E-state index contributed by atoms with van der Waals surface area (Å²) >= 11 is 0. The first-order valence-corrected chi connectivity index (χ1v) is 9.36. The van der Waals surface area contributed by atoms with Crippen molar-refractivity contribution >= 4 is 28.4 Å². The van der Waals surface area contributed by atoms with Crippen molar-refractivity contribution < 1.29 is 4.79 Å². The standard InChI is InChI=1S/C22H21N5O/c1-2-16(17-8-4-3-5-9-17)14-23-21(28)13-12-20-25-26-22-19-11-7-6-10-18(19)15-24-27(20)22/h3-13,15-16H,2,14H2,1H3,(H,23,28)/b13-12+/t16-/m0/s1. The third-order valence-electron chi connectivity index (χ3n) is 4.85. The number of carbonyl (C=O) groups excluding carboxylic acids is 1. The molecule has 0 aliphatic heterocycles. The van der Waals surface area contributed by atoms with E-state index >= 15 is 0 Å². The minimum absolute atomic E-state index is 0.160. The largest absolute Gasteiger partial charge is 0.352 e. The summed E-state index contributed by atoms with van der Waals surface area (Å²) in [5.74, 6) is 0.651. The molecule has 1 atom stereocenters. The third-order valence-corrected chi connectivity index (χ3v) is 4.85. The summed E-state index contributed by atoms with van der Waals surface area (Å²) in [7, 11) is 0. The van der Waals surface area contributed by atoms with E-state index in [9.17, 15) is 4.79 Å². The average molecular weight is 371 g/mol. The van der Waals surface area contributed by atoms with Crippen molar-refractivity contribution in [2.45, 2.75) is 19.3 Å². The highest BCUT2D eigenvalue weighted by molar-refractivity contribution is 5.94. The predicted octanol–water partition coefficient (Wildman–Crippen LogP) is 3.60. The Bertz CT molecular complexity index is 1130. The van der Waals surface area contributed by atoms with E-state index in [0.717, 1.165) is 17.2 Å². The molecule has 4 aromatic rings. The van der Waals surface area contributed by atoms with Crippen molar-refractivity contribution in [3.8, 4) is 0 Å². The van der Waals surface area contributed by atoms with E-state index in [1.54, 1.807) is 16.8 Å². The fraction of sp³-hybridized carbons (Fsp3) is 0.182. The molecule has 28 heavy (non-hydrogen) atoms. The molecule has 4 rings (SSSR count). The summed E-state index contributed by atoms with van der Waals surface area (Å²) in [4.78, 5) is 12.3. The zero-order valence-electron chi connectivity index (χ0n) is 15.6. The first-order valence-electron chi connectivity index (χ1n) is 9.36. The van der Waals surface area contributed by atoms with Crippen LogP contribution in [0.3, 0.4) is 0 Å². The number of hydrogen-bond donors (Lipinski definition) is 1. The van der Waals surface area contributed by atoms with Gasteiger partial charge in [0.05, 0.1) is 6.20 Å². The maximum Gasteiger partial charge on any atom is 0.244 e. The molecule has 0 unspecified atom stereocenters. The number of fused-ring (bicyclic) bond motifs is 3. The molecule has 0 saturated carbocycles. The van der Waals surface area contributed by atoms with Crippen molar-refractivity contribution in [2.24, 2.45) is 0 Å². The van der Waals surface area contributed by atoms with Gasteiger partial charge in [0.2, 0.25) is 5.91 Å². The molecule has 2 aromatic heterocycles. The monoisotopic (exact) mass is 371 g/mol. The van der Waals surface area contributed by atoms with Crippen LogP contribution in [0.2, 0.25) is 0 Å². The molecule has 140 valence electrons. The van der Waals surface area contributed by atoms with Gasteiger partial charge in [0.1, 0.15) is 0 Å². The molecule has 0 saturated heterocycles. The Kier molecular flexibility index (Phi) is 5.10. The van der Waals surface area contributed by atoms with Gasteiger partial charge < -0.3 is 5.32 Å². The highest BCUT2D eigenvalue weighted by atomic mass is 16.1. The van der Waals surface area contributed by atoms with E-state index in [1.807, 2.05) is 42.5 Å². The summed E-state index contributed by atoms with van der Waals surface area (Å²) in [6, 6.07) is 18.1. The first kappa shape index (κ1) is 17.9. The SMILES string of the molecule is CC[C@@H](CNC(=O)/C=C/c1nnc2c3ccccc3cnn12)c1ccccc1. The van der Waals surface area contributed by atoms with Crippen LogP contribution in [0.4, 0.5) is 0 Å². The lowest BCUT2D eigenvalue weighted by Crippen LogP contribution is -2.26. The quantitative estimate of drug-likeness (QED) is 0.526. The molecule has 6 heteroatoms. The molecule has 0 bridgehead atoms. The highest BCUT2D eigenvalue weighted by Gasteiger charge is 2.11. The van der Waals surface area contributed by atoms with Crippen LogP contribution in [0, 0.1) is 0 Å². The molecule has 1 amide bonds. The van der Waals surface area contributed by atoms with E-state index in [0.29, 0.717) is 23.9 Å². The van der Waals surface area contributed by atoms with Gasteiger partial charge in [-0.15, -0.1) is 10.2 Å². The Morgan fingerprint density at radius 3 is 2.71 bits per heavy atom. The van der Waals surface area contributed by atoms with Gasteiger partial charge in [-0.05, 0) is 18.1 Å². The highest BCUT2D eigenvalue weighted by Crippen LogP contribution is 2.19. The lowest BCUT2D eigenvalue weighted by molar-refractivity contribution is -0.116. The molecule has 6 nitrogen and oxygen atoms in total. The van der Waals surface area contributed by atoms with Crippen molar-refractivity contribution in [1.29, 1.82) is 0 Å². The van der Waals surface area contributed by atoms with Crippen LogP contribution in [0.25, 0.3) is 22.5 Å². The number of carbonyl (C=O) groups is 1. The van der Waals surface area contributed by atoms with Gasteiger partial charge in [-0.25, -0.2) is 0 Å². The van der Waals surface area contributed by atoms with Crippen molar-refractivity contribution in [2.75, 3.05) is 6.54 Å². The van der Waals surface area contributed by atoms with Crippen LogP contribution in [-0.4, -0.2) is 32.3 Å². The van der Waals surface area contributed by atoms with Crippen molar-refractivity contribution in [3.63, 3.8) is 0 Å². The Balaban J connectivity index is 1.47. The van der Waals surface area contributed by atoms with E-state index in [4.69, 9.17) is 0 Å². The molecule has 0 spiro atoms. The summed E-state index contributed by atoms with van der Waals surface area (Å²) in [5, 5.41) is 17.7. The van der Waals surface area contributed by atoms with Crippen LogP contribution in [0.5, 0.6) is 0 Å². The Labute approximate surface area is 162 Å². The average Bonchev–Trinajstić information content (AvgIpc) is 3.17. The predicted molar refractivity (Wildman–Crippen MR) is 110 cm³/mol. The molecule has 0 aliphatic rings. The number of benzene rings is 2. The molecule has 0 fully saturated rings. The summed E-state index contributed by atoms with van der Waals surface area (Å²) < 4.78 is 1.64. The van der Waals surface area contributed by atoms with Gasteiger partial charge in [0.25, 0.3) is 0 Å². The molecule has 2 heterocycles. The topological polar surface area (TPSA) is 72.2 Å². The van der Waals surface area contributed by atoms with Crippen LogP contribution in [0.1, 0.15) is 30.7 Å². The molecular formula is C22H21N5O. The molecule has 1 N–H and O–H groups in total. The van der Waals surface area contributed by atoms with Crippen molar-refractivity contribution in [1.82, 2.24) is 25.1 Å². The van der Waals surface area contributed by atoms with Crippen LogP contribution < -0.4 is 5.32 Å². The van der Waals surface area contributed by atoms with Gasteiger partial charge in [0.15, 0.2) is 11.5 Å². The summed E-state index contributed by atoms with van der Waals surface area (Å²) in [5.41, 5.74) is 1.90. The van der Waals surface area contributed by atoms with Gasteiger partial charge >= 0.3 is 0 Å². The molecule has 0 aliphatic carbocycles. The second-order valence-corrected chi connectivity index (χ2v) is 6.62. The number of hydrogen-bond acceptors (Lipinski definition) is 4. The third kappa shape index (κ3) is 3.62. The zero-order valence-corrected chi connectivity index (χ0v) is 15.6. The maximum atomic E-state index is 12.3. The lowest BCUT2D eigenvalue weighted by Gasteiger charge is -2.15. The Morgan fingerprint density at radius 1 is 1.11 bits per heavy atom. The minimum atomic E-state index is -0.160. The lowest BCUT2D eigenvalue weighted by atomic mass is 9.96. The molecular weight excluding hydrogens is 350 g/mol. The van der Waals surface area contributed by atoms with Gasteiger partial charge in [-0.2, -0.15) is 9.61 Å². The van der Waals surface area contributed by atoms with E-state index in [1.165, 1.54) is 11.6 Å². The van der Waals surface area contributed by atoms with Crippen LogP contribution >= 0.6 is 0 Å². The van der Waals surface area contributed by atoms with Gasteiger partial charge in [-0.1, -0.05) is 61.5 Å².